The molecule has 0 atom stereocenters. The van der Waals surface area contributed by atoms with Crippen molar-refractivity contribution in [1.82, 2.24) is 0 Å². The Balaban J connectivity index is 2.26. The number of fused-ring (bicyclic) bond motifs is 1. The van der Waals surface area contributed by atoms with Gasteiger partial charge in [0.05, 0.1) is 19.3 Å². The van der Waals surface area contributed by atoms with Gasteiger partial charge in [0.15, 0.2) is 0 Å². The number of hydrogen-bond acceptors (Lipinski definition) is 5. The molecule has 0 aliphatic heterocycles. The normalized spacial score (nSPS) is 14.3. The lowest BCUT2D eigenvalue weighted by Gasteiger charge is -2.21. The van der Waals surface area contributed by atoms with Gasteiger partial charge in [0.2, 0.25) is 0 Å². The van der Waals surface area contributed by atoms with Gasteiger partial charge in [-0.05, 0) is 54.5 Å². The largest absolute Gasteiger partial charge is 0.497 e. The van der Waals surface area contributed by atoms with Gasteiger partial charge in [0, 0.05) is 18.1 Å². The van der Waals surface area contributed by atoms with E-state index in [1.165, 1.54) is 12.5 Å². The maximum Gasteiger partial charge on any atom is 0.338 e. The van der Waals surface area contributed by atoms with E-state index in [9.17, 15) is 9.59 Å². The Hall–Kier alpha value is -2.82. The van der Waals surface area contributed by atoms with E-state index in [1.807, 2.05) is 6.07 Å². The minimum atomic E-state index is -0.422. The Labute approximate surface area is 165 Å². The second kappa shape index (κ2) is 7.66. The van der Waals surface area contributed by atoms with Gasteiger partial charge in [0.25, 0.3) is 0 Å². The van der Waals surface area contributed by atoms with Crippen LogP contribution in [0.4, 0.5) is 0 Å². The smallest absolute Gasteiger partial charge is 0.338 e. The number of hydrogen-bond donors (Lipinski definition) is 0. The van der Waals surface area contributed by atoms with Crippen molar-refractivity contribution in [2.75, 3.05) is 13.7 Å². The standard InChI is InChI=1S/C23H26O5/c1-6-27-22(25)17-8-7-15(26-5)13-19(17)16-9-10-20-18(11-12-23(20,3)4)21(16)28-14(2)24/h7-10,13H,6,11-12H2,1-5H3. The summed E-state index contributed by atoms with van der Waals surface area (Å²) in [7, 11) is 1.57. The van der Waals surface area contributed by atoms with Gasteiger partial charge in [0.1, 0.15) is 11.5 Å². The van der Waals surface area contributed by atoms with Gasteiger partial charge < -0.3 is 14.2 Å². The van der Waals surface area contributed by atoms with E-state index >= 15 is 0 Å². The first-order valence-corrected chi connectivity index (χ1v) is 9.48. The molecule has 0 unspecified atom stereocenters. The van der Waals surface area contributed by atoms with E-state index < -0.39 is 5.97 Å². The van der Waals surface area contributed by atoms with Crippen LogP contribution in [0.3, 0.4) is 0 Å². The van der Waals surface area contributed by atoms with Crippen molar-refractivity contribution in [2.24, 2.45) is 0 Å². The van der Waals surface area contributed by atoms with Gasteiger partial charge in [-0.3, -0.25) is 4.79 Å². The average Bonchev–Trinajstić information content (AvgIpc) is 2.96. The van der Waals surface area contributed by atoms with Gasteiger partial charge in [-0.15, -0.1) is 0 Å². The molecule has 0 saturated carbocycles. The monoisotopic (exact) mass is 382 g/mol. The van der Waals surface area contributed by atoms with Crippen LogP contribution in [0.2, 0.25) is 0 Å². The topological polar surface area (TPSA) is 61.8 Å². The van der Waals surface area contributed by atoms with Crippen molar-refractivity contribution in [1.29, 1.82) is 0 Å². The van der Waals surface area contributed by atoms with E-state index in [1.54, 1.807) is 32.2 Å². The minimum absolute atomic E-state index is 0.0150. The van der Waals surface area contributed by atoms with Crippen LogP contribution in [0.5, 0.6) is 11.5 Å². The Kier molecular flexibility index (Phi) is 5.45. The molecule has 0 fully saturated rings. The van der Waals surface area contributed by atoms with Crippen molar-refractivity contribution < 1.29 is 23.8 Å². The number of rotatable bonds is 5. The number of esters is 2. The van der Waals surface area contributed by atoms with Gasteiger partial charge >= 0.3 is 11.9 Å². The average molecular weight is 382 g/mol. The SMILES string of the molecule is CCOC(=O)c1ccc(OC)cc1-c1ccc2c(c1OC(C)=O)CCC2(C)C. The molecular weight excluding hydrogens is 356 g/mol. The first kappa shape index (κ1) is 19.9. The van der Waals surface area contributed by atoms with Crippen LogP contribution in [-0.4, -0.2) is 25.7 Å². The molecule has 5 nitrogen and oxygen atoms in total. The zero-order valence-corrected chi connectivity index (χ0v) is 17.0. The van der Waals surface area contributed by atoms with Gasteiger partial charge in [-0.25, -0.2) is 4.79 Å². The summed E-state index contributed by atoms with van der Waals surface area (Å²) in [6.45, 7) is 7.81. The number of benzene rings is 2. The summed E-state index contributed by atoms with van der Waals surface area (Å²) in [5.74, 6) is 0.321. The third kappa shape index (κ3) is 3.61. The molecule has 0 saturated heterocycles. The summed E-state index contributed by atoms with van der Waals surface area (Å²) >= 11 is 0. The van der Waals surface area contributed by atoms with Crippen LogP contribution in [0, 0.1) is 0 Å². The zero-order valence-electron chi connectivity index (χ0n) is 17.0. The molecule has 28 heavy (non-hydrogen) atoms. The Morgan fingerprint density at radius 1 is 1.11 bits per heavy atom. The molecule has 0 radical (unpaired) electrons. The molecule has 0 bridgehead atoms. The third-order valence-electron chi connectivity index (χ3n) is 5.25. The Morgan fingerprint density at radius 2 is 1.86 bits per heavy atom. The van der Waals surface area contributed by atoms with E-state index in [4.69, 9.17) is 14.2 Å². The lowest BCUT2D eigenvalue weighted by molar-refractivity contribution is -0.131. The van der Waals surface area contributed by atoms with E-state index in [-0.39, 0.29) is 18.0 Å². The van der Waals surface area contributed by atoms with Crippen LogP contribution < -0.4 is 9.47 Å². The number of carbonyl (C=O) groups excluding carboxylic acids is 2. The first-order valence-electron chi connectivity index (χ1n) is 9.48. The van der Waals surface area contributed by atoms with E-state index in [2.05, 4.69) is 19.9 Å². The molecular formula is C23H26O5. The van der Waals surface area contributed by atoms with Crippen molar-refractivity contribution in [3.05, 3.63) is 47.0 Å². The molecule has 0 amide bonds. The van der Waals surface area contributed by atoms with Gasteiger partial charge in [-0.2, -0.15) is 0 Å². The van der Waals surface area contributed by atoms with Crippen molar-refractivity contribution in [3.63, 3.8) is 0 Å². The molecule has 1 aliphatic rings. The summed E-state index contributed by atoms with van der Waals surface area (Å²) in [6, 6.07) is 9.17. The highest BCUT2D eigenvalue weighted by atomic mass is 16.5. The van der Waals surface area contributed by atoms with Crippen molar-refractivity contribution >= 4 is 11.9 Å². The quantitative estimate of drug-likeness (QED) is 0.555. The fraction of sp³-hybridized carbons (Fsp3) is 0.391. The van der Waals surface area contributed by atoms with Crippen LogP contribution in [0.25, 0.3) is 11.1 Å². The third-order valence-corrected chi connectivity index (χ3v) is 5.25. The fourth-order valence-electron chi connectivity index (χ4n) is 3.81. The molecule has 3 rings (SSSR count). The molecule has 0 heterocycles. The Bertz CT molecular complexity index is 927. The minimum Gasteiger partial charge on any atom is -0.497 e. The lowest BCUT2D eigenvalue weighted by atomic mass is 9.85. The van der Waals surface area contributed by atoms with E-state index in [0.717, 1.165) is 18.4 Å². The molecule has 2 aromatic rings. The van der Waals surface area contributed by atoms with Crippen LogP contribution in [-0.2, 0) is 21.4 Å². The maximum absolute atomic E-state index is 12.5. The van der Waals surface area contributed by atoms with Crippen LogP contribution >= 0.6 is 0 Å². The first-order chi connectivity index (χ1) is 13.3. The maximum atomic E-state index is 12.5. The number of carbonyl (C=O) groups is 2. The van der Waals surface area contributed by atoms with Crippen LogP contribution in [0.1, 0.15) is 55.6 Å². The summed E-state index contributed by atoms with van der Waals surface area (Å²) in [5, 5.41) is 0. The highest BCUT2D eigenvalue weighted by molar-refractivity contribution is 5.99. The number of methoxy groups -OCH3 is 1. The number of ether oxygens (including phenoxy) is 3. The Morgan fingerprint density at radius 3 is 2.50 bits per heavy atom. The highest BCUT2D eigenvalue weighted by Crippen LogP contribution is 2.47. The molecule has 0 spiro atoms. The van der Waals surface area contributed by atoms with Gasteiger partial charge in [-0.1, -0.05) is 26.0 Å². The van der Waals surface area contributed by atoms with Crippen LogP contribution in [0.15, 0.2) is 30.3 Å². The second-order valence-corrected chi connectivity index (χ2v) is 7.58. The summed E-state index contributed by atoms with van der Waals surface area (Å²) < 4.78 is 16.3. The molecule has 5 heteroatoms. The summed E-state index contributed by atoms with van der Waals surface area (Å²) in [4.78, 5) is 24.4. The predicted molar refractivity (Wildman–Crippen MR) is 107 cm³/mol. The molecule has 2 aromatic carbocycles. The predicted octanol–water partition coefficient (Wildman–Crippen LogP) is 4.69. The highest BCUT2D eigenvalue weighted by Gasteiger charge is 2.34. The van der Waals surface area contributed by atoms with Crippen molar-refractivity contribution in [2.45, 2.75) is 46.0 Å². The van der Waals surface area contributed by atoms with E-state index in [0.29, 0.717) is 28.2 Å². The fourth-order valence-corrected chi connectivity index (χ4v) is 3.81. The molecule has 1 aliphatic carbocycles. The molecule has 0 aromatic heterocycles. The zero-order chi connectivity index (χ0) is 20.5. The summed E-state index contributed by atoms with van der Waals surface area (Å²) in [5.41, 5.74) is 3.94. The molecule has 148 valence electrons. The lowest BCUT2D eigenvalue weighted by Crippen LogP contribution is -2.13. The second-order valence-electron chi connectivity index (χ2n) is 7.58. The van der Waals surface area contributed by atoms with Crippen molar-refractivity contribution in [3.8, 4) is 22.6 Å². The molecule has 0 N–H and O–H groups in total. The summed E-state index contributed by atoms with van der Waals surface area (Å²) in [6.07, 6.45) is 1.79.